The summed E-state index contributed by atoms with van der Waals surface area (Å²) in [5.74, 6) is -0.622. The highest BCUT2D eigenvalue weighted by Crippen LogP contribution is 2.24. The molecule has 4 rings (SSSR count). The van der Waals surface area contributed by atoms with E-state index in [1.165, 1.54) is 12.1 Å². The van der Waals surface area contributed by atoms with Gasteiger partial charge in [-0.05, 0) is 60.4 Å². The van der Waals surface area contributed by atoms with E-state index in [0.717, 1.165) is 29.7 Å². The van der Waals surface area contributed by atoms with Crippen molar-refractivity contribution in [2.24, 2.45) is 5.92 Å². The molecule has 1 fully saturated rings. The molecular weight excluding hydrogens is 393 g/mol. The highest BCUT2D eigenvalue weighted by Gasteiger charge is 2.28. The Labute approximate surface area is 180 Å². The van der Waals surface area contributed by atoms with Gasteiger partial charge in [-0.15, -0.1) is 0 Å². The van der Waals surface area contributed by atoms with E-state index in [1.807, 2.05) is 48.5 Å². The topological polar surface area (TPSA) is 62.3 Å². The summed E-state index contributed by atoms with van der Waals surface area (Å²) in [5.41, 5.74) is 3.08. The van der Waals surface area contributed by atoms with Crippen molar-refractivity contribution >= 4 is 17.5 Å². The first-order valence-corrected chi connectivity index (χ1v) is 10.4. The number of hydrogen-bond acceptors (Lipinski definition) is 3. The maximum atomic E-state index is 13.4. The highest BCUT2D eigenvalue weighted by molar-refractivity contribution is 5.93. The first-order chi connectivity index (χ1) is 15.1. The fourth-order valence-electron chi connectivity index (χ4n) is 3.85. The van der Waals surface area contributed by atoms with Crippen LogP contribution in [0.3, 0.4) is 0 Å². The number of halogens is 1. The Morgan fingerprint density at radius 2 is 1.87 bits per heavy atom. The van der Waals surface area contributed by atoms with E-state index in [0.29, 0.717) is 18.8 Å². The normalized spacial score (nSPS) is 16.0. The van der Waals surface area contributed by atoms with Crippen LogP contribution in [0.5, 0.6) is 0 Å². The van der Waals surface area contributed by atoms with Gasteiger partial charge in [-0.1, -0.05) is 30.3 Å². The van der Waals surface area contributed by atoms with E-state index < -0.39 is 0 Å². The number of nitrogens with zero attached hydrogens (tertiary/aromatic N) is 2. The van der Waals surface area contributed by atoms with Crippen molar-refractivity contribution in [1.29, 1.82) is 0 Å². The van der Waals surface area contributed by atoms with Gasteiger partial charge in [0, 0.05) is 30.7 Å². The molecule has 6 heteroatoms. The van der Waals surface area contributed by atoms with Crippen molar-refractivity contribution in [3.63, 3.8) is 0 Å². The molecule has 158 valence electrons. The third-order valence-corrected chi connectivity index (χ3v) is 5.51. The van der Waals surface area contributed by atoms with Gasteiger partial charge in [-0.3, -0.25) is 14.6 Å². The number of benzene rings is 2. The molecular formula is C25H24FN3O2. The Bertz CT molecular complexity index is 1050. The van der Waals surface area contributed by atoms with Crippen LogP contribution in [0.4, 0.5) is 10.1 Å². The second-order valence-electron chi connectivity index (χ2n) is 7.75. The second kappa shape index (κ2) is 9.51. The van der Waals surface area contributed by atoms with Crippen LogP contribution in [-0.4, -0.2) is 34.8 Å². The van der Waals surface area contributed by atoms with Gasteiger partial charge in [0.2, 0.25) is 11.8 Å². The number of anilines is 1. The molecule has 5 nitrogen and oxygen atoms in total. The van der Waals surface area contributed by atoms with Crippen molar-refractivity contribution in [2.75, 3.05) is 18.4 Å². The Hall–Kier alpha value is -3.54. The predicted octanol–water partition coefficient (Wildman–Crippen LogP) is 4.31. The minimum Gasteiger partial charge on any atom is -0.342 e. The van der Waals surface area contributed by atoms with Crippen LogP contribution in [-0.2, 0) is 16.0 Å². The second-order valence-corrected chi connectivity index (χ2v) is 7.75. The van der Waals surface area contributed by atoms with E-state index in [-0.39, 0.29) is 30.0 Å². The zero-order valence-electron chi connectivity index (χ0n) is 17.1. The maximum Gasteiger partial charge on any atom is 0.229 e. The molecule has 1 atom stereocenters. The SMILES string of the molecule is O=C(Nc1ccc(-c2cccc(F)c2)cc1)[C@@H]1CCCN(C(=O)Cc2ccccn2)C1. The third-order valence-electron chi connectivity index (χ3n) is 5.51. The van der Waals surface area contributed by atoms with E-state index in [2.05, 4.69) is 10.3 Å². The van der Waals surface area contributed by atoms with Gasteiger partial charge in [0.1, 0.15) is 5.82 Å². The van der Waals surface area contributed by atoms with Gasteiger partial charge in [-0.2, -0.15) is 0 Å². The highest BCUT2D eigenvalue weighted by atomic mass is 19.1. The molecule has 31 heavy (non-hydrogen) atoms. The van der Waals surface area contributed by atoms with Gasteiger partial charge < -0.3 is 10.2 Å². The third kappa shape index (κ3) is 5.34. The van der Waals surface area contributed by atoms with Crippen molar-refractivity contribution in [3.8, 4) is 11.1 Å². The molecule has 0 spiro atoms. The Kier molecular flexibility index (Phi) is 6.36. The summed E-state index contributed by atoms with van der Waals surface area (Å²) in [6, 6.07) is 19.2. The molecule has 0 bridgehead atoms. The first kappa shape index (κ1) is 20.7. The molecule has 0 saturated carbocycles. The average Bonchev–Trinajstić information content (AvgIpc) is 2.80. The number of piperidine rings is 1. The van der Waals surface area contributed by atoms with E-state index in [1.54, 1.807) is 17.2 Å². The number of amides is 2. The number of carbonyl (C=O) groups is 2. The first-order valence-electron chi connectivity index (χ1n) is 10.4. The van der Waals surface area contributed by atoms with E-state index in [4.69, 9.17) is 0 Å². The van der Waals surface area contributed by atoms with E-state index >= 15 is 0 Å². The lowest BCUT2D eigenvalue weighted by atomic mass is 9.96. The van der Waals surface area contributed by atoms with Crippen LogP contribution in [0.25, 0.3) is 11.1 Å². The number of hydrogen-bond donors (Lipinski definition) is 1. The number of aromatic nitrogens is 1. The van der Waals surface area contributed by atoms with Crippen LogP contribution in [0, 0.1) is 11.7 Å². The molecule has 1 N–H and O–H groups in total. The van der Waals surface area contributed by atoms with Gasteiger partial charge in [-0.25, -0.2) is 4.39 Å². The lowest BCUT2D eigenvalue weighted by Gasteiger charge is -2.32. The summed E-state index contributed by atoms with van der Waals surface area (Å²) in [5, 5.41) is 2.95. The molecule has 0 radical (unpaired) electrons. The van der Waals surface area contributed by atoms with Crippen LogP contribution in [0.1, 0.15) is 18.5 Å². The Morgan fingerprint density at radius 1 is 1.03 bits per heavy atom. The fourth-order valence-corrected chi connectivity index (χ4v) is 3.85. The minimum absolute atomic E-state index is 0.00403. The monoisotopic (exact) mass is 417 g/mol. The zero-order valence-corrected chi connectivity index (χ0v) is 17.1. The summed E-state index contributed by atoms with van der Waals surface area (Å²) >= 11 is 0. The molecule has 0 unspecified atom stereocenters. The van der Waals surface area contributed by atoms with Crippen LogP contribution >= 0.6 is 0 Å². The summed E-state index contributed by atoms with van der Waals surface area (Å²) in [7, 11) is 0. The van der Waals surface area contributed by atoms with Gasteiger partial charge in [0.25, 0.3) is 0 Å². The zero-order chi connectivity index (χ0) is 21.6. The number of rotatable bonds is 5. The quantitative estimate of drug-likeness (QED) is 0.673. The number of nitrogens with one attached hydrogen (secondary N) is 1. The summed E-state index contributed by atoms with van der Waals surface area (Å²) in [6.07, 6.45) is 3.47. The van der Waals surface area contributed by atoms with Gasteiger partial charge in [0.05, 0.1) is 12.3 Å². The van der Waals surface area contributed by atoms with Gasteiger partial charge in [0.15, 0.2) is 0 Å². The predicted molar refractivity (Wildman–Crippen MR) is 118 cm³/mol. The van der Waals surface area contributed by atoms with Crippen LogP contribution < -0.4 is 5.32 Å². The van der Waals surface area contributed by atoms with Crippen molar-refractivity contribution in [3.05, 3.63) is 84.4 Å². The van der Waals surface area contributed by atoms with Gasteiger partial charge >= 0.3 is 0 Å². The van der Waals surface area contributed by atoms with Crippen molar-refractivity contribution < 1.29 is 14.0 Å². The molecule has 1 saturated heterocycles. The molecule has 3 aromatic rings. The van der Waals surface area contributed by atoms with Crippen molar-refractivity contribution in [1.82, 2.24) is 9.88 Å². The molecule has 1 aliphatic rings. The summed E-state index contributed by atoms with van der Waals surface area (Å²) in [6.45, 7) is 1.08. The molecule has 1 aliphatic heterocycles. The lowest BCUT2D eigenvalue weighted by Crippen LogP contribution is -2.44. The minimum atomic E-state index is -0.283. The standard InChI is InChI=1S/C25H24FN3O2/c26-21-7-3-5-19(15-21)18-9-11-22(12-10-18)28-25(31)20-6-4-14-29(17-20)24(30)16-23-8-1-2-13-27-23/h1-3,5,7-13,15,20H,4,6,14,16-17H2,(H,28,31)/t20-/m1/s1. The fraction of sp³-hybridized carbons (Fsp3) is 0.240. The number of carbonyl (C=O) groups excluding carboxylic acids is 2. The molecule has 0 aliphatic carbocycles. The maximum absolute atomic E-state index is 13.4. The van der Waals surface area contributed by atoms with E-state index in [9.17, 15) is 14.0 Å². The summed E-state index contributed by atoms with van der Waals surface area (Å²) in [4.78, 5) is 31.4. The van der Waals surface area contributed by atoms with Crippen LogP contribution in [0.2, 0.25) is 0 Å². The molecule has 2 amide bonds. The Morgan fingerprint density at radius 3 is 2.61 bits per heavy atom. The molecule has 1 aromatic heterocycles. The number of pyridine rings is 1. The lowest BCUT2D eigenvalue weighted by molar-refractivity contribution is -0.134. The van der Waals surface area contributed by atoms with Crippen LogP contribution in [0.15, 0.2) is 72.9 Å². The summed E-state index contributed by atoms with van der Waals surface area (Å²) < 4.78 is 13.4. The largest absolute Gasteiger partial charge is 0.342 e. The average molecular weight is 417 g/mol. The molecule has 2 aromatic carbocycles. The molecule has 2 heterocycles. The smallest absolute Gasteiger partial charge is 0.229 e. The Balaban J connectivity index is 1.35. The van der Waals surface area contributed by atoms with Crippen molar-refractivity contribution in [2.45, 2.75) is 19.3 Å². The number of likely N-dealkylation sites (tertiary alicyclic amines) is 1.